The maximum atomic E-state index is 12.9. The zero-order valence-corrected chi connectivity index (χ0v) is 14.0. The number of halogens is 1. The summed E-state index contributed by atoms with van der Waals surface area (Å²) in [4.78, 5) is 14.2. The minimum atomic E-state index is -0.276. The van der Waals surface area contributed by atoms with Crippen molar-refractivity contribution in [3.8, 4) is 0 Å². The Kier molecular flexibility index (Phi) is 5.90. The summed E-state index contributed by atoms with van der Waals surface area (Å²) >= 11 is 0. The number of rotatable bonds is 6. The van der Waals surface area contributed by atoms with Crippen molar-refractivity contribution in [3.05, 3.63) is 54.0 Å². The lowest BCUT2D eigenvalue weighted by Gasteiger charge is -2.33. The van der Waals surface area contributed by atoms with E-state index in [2.05, 4.69) is 25.7 Å². The number of nitrogens with one attached hydrogen (secondary N) is 2. The molecule has 7 heteroatoms. The highest BCUT2D eigenvalue weighted by molar-refractivity contribution is 5.78. The molecule has 1 aliphatic heterocycles. The molecule has 0 radical (unpaired) electrons. The first-order valence-corrected chi connectivity index (χ1v) is 8.48. The van der Waals surface area contributed by atoms with Crippen LogP contribution in [0.4, 0.5) is 10.2 Å². The van der Waals surface area contributed by atoms with Crippen molar-refractivity contribution in [2.24, 2.45) is 0 Å². The van der Waals surface area contributed by atoms with Gasteiger partial charge >= 0.3 is 0 Å². The molecule has 6 nitrogen and oxygen atoms in total. The van der Waals surface area contributed by atoms with Gasteiger partial charge in [-0.2, -0.15) is 5.10 Å². The molecule has 1 aliphatic rings. The van der Waals surface area contributed by atoms with Crippen molar-refractivity contribution in [2.45, 2.75) is 25.4 Å². The van der Waals surface area contributed by atoms with Gasteiger partial charge in [-0.05, 0) is 42.7 Å². The number of aromatic nitrogens is 2. The minimum absolute atomic E-state index is 0.0686. The molecule has 1 amide bonds. The number of amides is 1. The van der Waals surface area contributed by atoms with Crippen LogP contribution in [0.25, 0.3) is 0 Å². The van der Waals surface area contributed by atoms with E-state index in [9.17, 15) is 9.18 Å². The number of hydrogen-bond acceptors (Lipinski definition) is 5. The lowest BCUT2D eigenvalue weighted by molar-refractivity contribution is -0.120. The molecule has 0 spiro atoms. The highest BCUT2D eigenvalue weighted by atomic mass is 19.1. The fourth-order valence-electron chi connectivity index (χ4n) is 2.92. The third-order valence-electron chi connectivity index (χ3n) is 4.26. The molecule has 25 heavy (non-hydrogen) atoms. The fraction of sp³-hybridized carbons (Fsp3) is 0.389. The van der Waals surface area contributed by atoms with E-state index in [-0.39, 0.29) is 24.3 Å². The van der Waals surface area contributed by atoms with E-state index in [4.69, 9.17) is 0 Å². The smallest absolute Gasteiger partial charge is 0.234 e. The molecule has 3 rings (SSSR count). The number of benzene rings is 1. The Bertz CT molecular complexity index is 680. The van der Waals surface area contributed by atoms with Crippen molar-refractivity contribution >= 4 is 11.7 Å². The van der Waals surface area contributed by atoms with Crippen LogP contribution in [0.1, 0.15) is 18.4 Å². The SMILES string of the molecule is O=C(CN[C@H]1CCCN(c2cccnn2)C1)NCc1ccc(F)cc1. The standard InChI is InChI=1S/C18H22FN5O/c19-15-7-5-14(6-8-15)11-21-18(25)12-20-16-3-2-10-24(13-16)17-4-1-9-22-23-17/h1,4-9,16,20H,2-3,10-13H2,(H,21,25)/t16-/m0/s1. The lowest BCUT2D eigenvalue weighted by atomic mass is 10.1. The molecule has 1 aromatic carbocycles. The molecule has 2 aromatic rings. The number of carbonyl (C=O) groups excluding carboxylic acids is 1. The molecule has 1 aromatic heterocycles. The number of anilines is 1. The van der Waals surface area contributed by atoms with E-state index in [0.717, 1.165) is 37.3 Å². The average molecular weight is 343 g/mol. The fourth-order valence-corrected chi connectivity index (χ4v) is 2.92. The van der Waals surface area contributed by atoms with Crippen LogP contribution in [0, 0.1) is 5.82 Å². The van der Waals surface area contributed by atoms with Crippen molar-refractivity contribution in [1.82, 2.24) is 20.8 Å². The first-order valence-electron chi connectivity index (χ1n) is 8.48. The van der Waals surface area contributed by atoms with Crippen LogP contribution >= 0.6 is 0 Å². The van der Waals surface area contributed by atoms with Crippen molar-refractivity contribution in [1.29, 1.82) is 0 Å². The van der Waals surface area contributed by atoms with Gasteiger partial charge in [-0.3, -0.25) is 4.79 Å². The lowest BCUT2D eigenvalue weighted by Crippen LogP contribution is -2.48. The third-order valence-corrected chi connectivity index (χ3v) is 4.26. The third kappa shape index (κ3) is 5.22. The van der Waals surface area contributed by atoms with E-state index < -0.39 is 0 Å². The summed E-state index contributed by atoms with van der Waals surface area (Å²) < 4.78 is 12.9. The van der Waals surface area contributed by atoms with E-state index in [0.29, 0.717) is 6.54 Å². The van der Waals surface area contributed by atoms with Crippen LogP contribution in [0.3, 0.4) is 0 Å². The summed E-state index contributed by atoms with van der Waals surface area (Å²) in [5.41, 5.74) is 0.876. The molecule has 0 bridgehead atoms. The van der Waals surface area contributed by atoms with Crippen LogP contribution in [0.5, 0.6) is 0 Å². The van der Waals surface area contributed by atoms with E-state index >= 15 is 0 Å². The number of hydrogen-bond donors (Lipinski definition) is 2. The van der Waals surface area contributed by atoms with Gasteiger partial charge in [-0.15, -0.1) is 5.10 Å². The highest BCUT2D eigenvalue weighted by Crippen LogP contribution is 2.16. The average Bonchev–Trinajstić information content (AvgIpc) is 2.67. The van der Waals surface area contributed by atoms with Gasteiger partial charge in [0, 0.05) is 31.9 Å². The Morgan fingerprint density at radius 3 is 2.88 bits per heavy atom. The molecular formula is C18H22FN5O. The molecule has 2 N–H and O–H groups in total. The monoisotopic (exact) mass is 343 g/mol. The molecule has 1 saturated heterocycles. The summed E-state index contributed by atoms with van der Waals surface area (Å²) in [6.07, 6.45) is 3.74. The zero-order valence-electron chi connectivity index (χ0n) is 14.0. The van der Waals surface area contributed by atoms with Gasteiger partial charge in [0.1, 0.15) is 5.82 Å². The van der Waals surface area contributed by atoms with Gasteiger partial charge < -0.3 is 15.5 Å². The molecule has 1 fully saturated rings. The maximum Gasteiger partial charge on any atom is 0.234 e. The summed E-state index contributed by atoms with van der Waals surface area (Å²) in [6, 6.07) is 10.2. The summed E-state index contributed by atoms with van der Waals surface area (Å²) in [5, 5.41) is 14.2. The normalized spacial score (nSPS) is 17.3. The molecular weight excluding hydrogens is 321 g/mol. The van der Waals surface area contributed by atoms with E-state index in [1.165, 1.54) is 12.1 Å². The molecule has 0 aliphatic carbocycles. The van der Waals surface area contributed by atoms with Crippen molar-refractivity contribution in [2.75, 3.05) is 24.5 Å². The van der Waals surface area contributed by atoms with Crippen molar-refractivity contribution in [3.63, 3.8) is 0 Å². The Hall–Kier alpha value is -2.54. The molecule has 2 heterocycles. The maximum absolute atomic E-state index is 12.9. The summed E-state index contributed by atoms with van der Waals surface area (Å²) in [6.45, 7) is 2.43. The first kappa shape index (κ1) is 17.3. The second-order valence-electron chi connectivity index (χ2n) is 6.15. The van der Waals surface area contributed by atoms with Gasteiger partial charge in [-0.1, -0.05) is 12.1 Å². The van der Waals surface area contributed by atoms with Crippen LogP contribution in [-0.2, 0) is 11.3 Å². The topological polar surface area (TPSA) is 70.2 Å². The van der Waals surface area contributed by atoms with Gasteiger partial charge in [-0.25, -0.2) is 4.39 Å². The predicted molar refractivity (Wildman–Crippen MR) is 93.5 cm³/mol. The number of nitrogens with zero attached hydrogens (tertiary/aromatic N) is 3. The molecule has 1 atom stereocenters. The second kappa shape index (κ2) is 8.53. The van der Waals surface area contributed by atoms with Crippen LogP contribution in [-0.4, -0.2) is 41.8 Å². The first-order chi connectivity index (χ1) is 12.2. The minimum Gasteiger partial charge on any atom is -0.354 e. The zero-order chi connectivity index (χ0) is 17.5. The molecule has 0 saturated carbocycles. The second-order valence-corrected chi connectivity index (χ2v) is 6.15. The van der Waals surface area contributed by atoms with Crippen LogP contribution < -0.4 is 15.5 Å². The summed E-state index contributed by atoms with van der Waals surface area (Å²) in [5.74, 6) is 0.525. The Morgan fingerprint density at radius 2 is 2.12 bits per heavy atom. The Morgan fingerprint density at radius 1 is 1.28 bits per heavy atom. The van der Waals surface area contributed by atoms with Crippen LogP contribution in [0.15, 0.2) is 42.6 Å². The predicted octanol–water partition coefficient (Wildman–Crippen LogP) is 1.49. The van der Waals surface area contributed by atoms with Gasteiger partial charge in [0.25, 0.3) is 0 Å². The number of piperidine rings is 1. The molecule has 132 valence electrons. The van der Waals surface area contributed by atoms with Crippen LogP contribution in [0.2, 0.25) is 0 Å². The largest absolute Gasteiger partial charge is 0.354 e. The molecule has 0 unspecified atom stereocenters. The Labute approximate surface area is 146 Å². The van der Waals surface area contributed by atoms with Gasteiger partial charge in [0.15, 0.2) is 5.82 Å². The highest BCUT2D eigenvalue weighted by Gasteiger charge is 2.21. The quantitative estimate of drug-likeness (QED) is 0.832. The summed E-state index contributed by atoms with van der Waals surface area (Å²) in [7, 11) is 0. The van der Waals surface area contributed by atoms with Crippen molar-refractivity contribution < 1.29 is 9.18 Å². The number of carbonyl (C=O) groups is 1. The van der Waals surface area contributed by atoms with E-state index in [1.54, 1.807) is 18.3 Å². The van der Waals surface area contributed by atoms with Gasteiger partial charge in [0.2, 0.25) is 5.91 Å². The van der Waals surface area contributed by atoms with Gasteiger partial charge in [0.05, 0.1) is 6.54 Å². The Balaban J connectivity index is 1.41. The van der Waals surface area contributed by atoms with E-state index in [1.807, 2.05) is 12.1 Å².